The molecule has 1 fully saturated rings. The summed E-state index contributed by atoms with van der Waals surface area (Å²) in [6.45, 7) is 1.98. The molecule has 0 aliphatic carbocycles. The number of amides is 2. The molecule has 0 atom stereocenters. The van der Waals surface area contributed by atoms with Crippen LogP contribution in [-0.4, -0.2) is 41.8 Å². The van der Waals surface area contributed by atoms with Gasteiger partial charge in [-0.15, -0.1) is 5.10 Å². The van der Waals surface area contributed by atoms with Crippen molar-refractivity contribution in [1.29, 1.82) is 0 Å². The van der Waals surface area contributed by atoms with Crippen molar-refractivity contribution in [3.05, 3.63) is 119 Å². The van der Waals surface area contributed by atoms with Gasteiger partial charge in [0, 0.05) is 16.8 Å². The Morgan fingerprint density at radius 3 is 2.45 bits per heavy atom. The molecule has 0 unspecified atom stereocenters. The van der Waals surface area contributed by atoms with E-state index in [9.17, 15) is 9.59 Å². The average molecular weight is 581 g/mol. The second-order valence-corrected chi connectivity index (χ2v) is 10.2. The summed E-state index contributed by atoms with van der Waals surface area (Å²) < 4.78 is 16.7. The molecule has 10 heteroatoms. The minimum absolute atomic E-state index is 0.190. The fraction of sp³-hybridized carbons (Fsp3) is 0.125. The Morgan fingerprint density at radius 2 is 1.71 bits per heavy atom. The van der Waals surface area contributed by atoms with Crippen LogP contribution < -0.4 is 14.8 Å². The summed E-state index contributed by atoms with van der Waals surface area (Å²) in [5, 5.41) is 11.8. The number of hydrogen-bond donors (Lipinski definition) is 1. The van der Waals surface area contributed by atoms with E-state index in [0.29, 0.717) is 38.6 Å². The maximum Gasteiger partial charge on any atom is 0.267 e. The third-order valence-corrected chi connectivity index (χ3v) is 7.16. The molecule has 1 saturated heterocycles. The van der Waals surface area contributed by atoms with Gasteiger partial charge in [0.2, 0.25) is 0 Å². The van der Waals surface area contributed by atoms with E-state index in [1.807, 2.05) is 73.7 Å². The highest BCUT2D eigenvalue weighted by Gasteiger charge is 2.34. The minimum atomic E-state index is -0.292. The number of thioether (sulfide) groups is 1. The van der Waals surface area contributed by atoms with Gasteiger partial charge in [-0.25, -0.2) is 0 Å². The molecule has 42 heavy (non-hydrogen) atoms. The van der Waals surface area contributed by atoms with Crippen LogP contribution in [0, 0.1) is 6.92 Å². The number of anilines is 1. The van der Waals surface area contributed by atoms with Crippen molar-refractivity contribution < 1.29 is 23.5 Å². The van der Waals surface area contributed by atoms with Gasteiger partial charge in [-0.2, -0.15) is 5.10 Å². The zero-order valence-electron chi connectivity index (χ0n) is 23.0. The number of methoxy groups -OCH3 is 1. The van der Waals surface area contributed by atoms with E-state index in [0.717, 1.165) is 11.1 Å². The number of furan rings is 1. The lowest BCUT2D eigenvalue weighted by molar-refractivity contribution is -0.122. The van der Waals surface area contributed by atoms with Crippen molar-refractivity contribution in [2.45, 2.75) is 13.5 Å². The quantitative estimate of drug-likeness (QED) is 0.138. The summed E-state index contributed by atoms with van der Waals surface area (Å²) in [6.07, 6.45) is 4.86. The monoisotopic (exact) mass is 580 g/mol. The predicted molar refractivity (Wildman–Crippen MR) is 165 cm³/mol. The summed E-state index contributed by atoms with van der Waals surface area (Å²) in [4.78, 5) is 28.0. The lowest BCUT2D eigenvalue weighted by Crippen LogP contribution is -2.28. The van der Waals surface area contributed by atoms with Crippen LogP contribution in [0.2, 0.25) is 0 Å². The number of benzene rings is 3. The van der Waals surface area contributed by atoms with Crippen LogP contribution in [0.25, 0.3) is 6.08 Å². The number of aryl methyl sites for hydroxylation is 1. The lowest BCUT2D eigenvalue weighted by Gasteiger charge is -2.12. The van der Waals surface area contributed by atoms with Crippen molar-refractivity contribution >= 4 is 46.7 Å². The summed E-state index contributed by atoms with van der Waals surface area (Å²) in [5.41, 5.74) is 3.19. The maximum atomic E-state index is 13.5. The topological polar surface area (TPSA) is 106 Å². The fourth-order valence-electron chi connectivity index (χ4n) is 4.04. The Labute approximate surface area is 247 Å². The van der Waals surface area contributed by atoms with Crippen molar-refractivity contribution in [2.24, 2.45) is 10.2 Å². The standard InChI is InChI=1S/C32H28N4O5S/c1-22-13-15-25(16-14-22)34-30(37)21-41-28-12-6-3-8-23(28)18-29-31(38)36(20-26-10-7-17-40-26)32(42-29)35-33-19-24-9-4-5-11-27(24)39-2/h3-19H,20-21H2,1-2H3,(H,34,37)/b29-18-,33-19+,35-32-. The molecule has 3 aromatic carbocycles. The SMILES string of the molecule is COc1ccccc1/C=N/N=C1\S/C(=C\c2ccccc2OCC(=O)Nc2ccc(C)cc2)C(=O)N1Cc1ccco1. The van der Waals surface area contributed by atoms with E-state index in [2.05, 4.69) is 15.5 Å². The zero-order valence-corrected chi connectivity index (χ0v) is 23.8. The van der Waals surface area contributed by atoms with Gasteiger partial charge in [0.05, 0.1) is 31.0 Å². The second-order valence-electron chi connectivity index (χ2n) is 9.19. The van der Waals surface area contributed by atoms with Gasteiger partial charge in [0.25, 0.3) is 11.8 Å². The Morgan fingerprint density at radius 1 is 0.976 bits per heavy atom. The van der Waals surface area contributed by atoms with E-state index in [1.165, 1.54) is 16.7 Å². The van der Waals surface area contributed by atoms with Gasteiger partial charge in [-0.3, -0.25) is 14.5 Å². The molecule has 2 amide bonds. The molecule has 0 spiro atoms. The van der Waals surface area contributed by atoms with Crippen molar-refractivity contribution in [2.75, 3.05) is 19.0 Å². The van der Waals surface area contributed by atoms with Crippen molar-refractivity contribution in [1.82, 2.24) is 4.90 Å². The summed E-state index contributed by atoms with van der Waals surface area (Å²) in [6, 6.07) is 25.7. The van der Waals surface area contributed by atoms with Crippen LogP contribution in [0.1, 0.15) is 22.5 Å². The predicted octanol–water partition coefficient (Wildman–Crippen LogP) is 6.12. The molecule has 9 nitrogen and oxygen atoms in total. The highest BCUT2D eigenvalue weighted by molar-refractivity contribution is 8.18. The first-order chi connectivity index (χ1) is 20.5. The third kappa shape index (κ3) is 7.15. The van der Waals surface area contributed by atoms with Gasteiger partial charge in [-0.05, 0) is 67.2 Å². The Balaban J connectivity index is 1.35. The van der Waals surface area contributed by atoms with Gasteiger partial charge in [0.1, 0.15) is 17.3 Å². The molecule has 1 aromatic heterocycles. The fourth-order valence-corrected chi connectivity index (χ4v) is 4.97. The van der Waals surface area contributed by atoms with Crippen LogP contribution in [0.5, 0.6) is 11.5 Å². The first kappa shape index (κ1) is 28.4. The van der Waals surface area contributed by atoms with Crippen molar-refractivity contribution in [3.63, 3.8) is 0 Å². The summed E-state index contributed by atoms with van der Waals surface area (Å²) >= 11 is 1.19. The number of hydrogen-bond acceptors (Lipinski definition) is 8. The number of para-hydroxylation sites is 2. The van der Waals surface area contributed by atoms with E-state index in [4.69, 9.17) is 13.9 Å². The molecule has 1 aliphatic rings. The Bertz CT molecular complexity index is 1650. The number of carbonyl (C=O) groups is 2. The number of amidine groups is 1. The van der Waals surface area contributed by atoms with E-state index in [-0.39, 0.29) is 25.0 Å². The van der Waals surface area contributed by atoms with Gasteiger partial charge in [0.15, 0.2) is 11.8 Å². The number of nitrogens with one attached hydrogen (secondary N) is 1. The van der Waals surface area contributed by atoms with E-state index in [1.54, 1.807) is 43.9 Å². The summed E-state index contributed by atoms with van der Waals surface area (Å²) in [7, 11) is 1.59. The molecule has 212 valence electrons. The molecule has 5 rings (SSSR count). The number of nitrogens with zero attached hydrogens (tertiary/aromatic N) is 3. The molecule has 2 heterocycles. The van der Waals surface area contributed by atoms with E-state index < -0.39 is 0 Å². The number of carbonyl (C=O) groups excluding carboxylic acids is 2. The maximum absolute atomic E-state index is 13.5. The molecule has 0 saturated carbocycles. The smallest absolute Gasteiger partial charge is 0.267 e. The first-order valence-corrected chi connectivity index (χ1v) is 13.9. The van der Waals surface area contributed by atoms with Gasteiger partial charge < -0.3 is 19.2 Å². The largest absolute Gasteiger partial charge is 0.496 e. The number of ether oxygens (including phenoxy) is 2. The van der Waals surface area contributed by atoms with Gasteiger partial charge in [-0.1, -0.05) is 48.0 Å². The minimum Gasteiger partial charge on any atom is -0.496 e. The summed E-state index contributed by atoms with van der Waals surface area (Å²) in [5.74, 6) is 1.19. The Kier molecular flexibility index (Phi) is 9.15. The van der Waals surface area contributed by atoms with Gasteiger partial charge >= 0.3 is 0 Å². The lowest BCUT2D eigenvalue weighted by atomic mass is 10.2. The molecule has 0 bridgehead atoms. The molecule has 1 aliphatic heterocycles. The normalized spacial score (nSPS) is 15.1. The molecule has 0 radical (unpaired) electrons. The molecular formula is C32H28N4O5S. The first-order valence-electron chi connectivity index (χ1n) is 13.1. The average Bonchev–Trinajstić information content (AvgIpc) is 3.62. The van der Waals surface area contributed by atoms with Crippen LogP contribution in [0.3, 0.4) is 0 Å². The van der Waals surface area contributed by atoms with Crippen LogP contribution in [-0.2, 0) is 16.1 Å². The van der Waals surface area contributed by atoms with E-state index >= 15 is 0 Å². The molecular weight excluding hydrogens is 552 g/mol. The molecule has 1 N–H and O–H groups in total. The van der Waals surface area contributed by atoms with Crippen LogP contribution in [0.15, 0.2) is 111 Å². The van der Waals surface area contributed by atoms with Crippen LogP contribution >= 0.6 is 11.8 Å². The third-order valence-electron chi connectivity index (χ3n) is 6.16. The highest BCUT2D eigenvalue weighted by atomic mass is 32.2. The van der Waals surface area contributed by atoms with Crippen molar-refractivity contribution in [3.8, 4) is 11.5 Å². The number of rotatable bonds is 10. The van der Waals surface area contributed by atoms with Crippen LogP contribution in [0.4, 0.5) is 5.69 Å². The Hall–Kier alpha value is -5.09. The second kappa shape index (κ2) is 13.5. The zero-order chi connectivity index (χ0) is 29.3. The molecule has 4 aromatic rings. The highest BCUT2D eigenvalue weighted by Crippen LogP contribution is 2.35.